The lowest BCUT2D eigenvalue weighted by Crippen LogP contribution is -2.20. The molecule has 3 rings (SSSR count). The summed E-state index contributed by atoms with van der Waals surface area (Å²) in [7, 11) is 1.94. The van der Waals surface area contributed by atoms with Crippen molar-refractivity contribution >= 4 is 11.0 Å². The topological polar surface area (TPSA) is 47.7 Å². The van der Waals surface area contributed by atoms with Gasteiger partial charge in [0.1, 0.15) is 0 Å². The highest BCUT2D eigenvalue weighted by atomic mass is 15.2. The summed E-state index contributed by atoms with van der Waals surface area (Å²) in [5.41, 5.74) is 3.50. The number of fused-ring (bicyclic) bond motifs is 1. The second kappa shape index (κ2) is 6.10. The van der Waals surface area contributed by atoms with Crippen molar-refractivity contribution in [1.29, 1.82) is 0 Å². The van der Waals surface area contributed by atoms with E-state index in [1.807, 2.05) is 30.3 Å². The van der Waals surface area contributed by atoms with Crippen LogP contribution < -0.4 is 5.32 Å². The van der Waals surface area contributed by atoms with Crippen molar-refractivity contribution in [3.05, 3.63) is 48.5 Å². The van der Waals surface area contributed by atoms with Crippen LogP contribution in [0.3, 0.4) is 0 Å². The van der Waals surface area contributed by atoms with Gasteiger partial charge < -0.3 is 9.88 Å². The molecular formula is C16H21N5. The molecule has 110 valence electrons. The highest BCUT2D eigenvalue weighted by Gasteiger charge is 2.06. The normalized spacial score (nSPS) is 12.9. The molecule has 0 bridgehead atoms. The molecule has 1 atom stereocenters. The zero-order chi connectivity index (χ0) is 14.7. The summed E-state index contributed by atoms with van der Waals surface area (Å²) in [6, 6.07) is 8.58. The number of aryl methyl sites for hydroxylation is 2. The number of hydrogen-bond acceptors (Lipinski definition) is 3. The molecule has 1 aromatic carbocycles. The fourth-order valence-electron chi connectivity index (χ4n) is 2.54. The van der Waals surface area contributed by atoms with Gasteiger partial charge in [0.15, 0.2) is 0 Å². The van der Waals surface area contributed by atoms with Crippen LogP contribution in [0.1, 0.15) is 24.9 Å². The molecule has 0 saturated carbocycles. The molecule has 0 amide bonds. The minimum Gasteiger partial charge on any atom is -0.331 e. The quantitative estimate of drug-likeness (QED) is 0.707. The van der Waals surface area contributed by atoms with Crippen molar-refractivity contribution in [1.82, 2.24) is 24.6 Å². The van der Waals surface area contributed by atoms with Gasteiger partial charge in [-0.05, 0) is 32.0 Å². The monoisotopic (exact) mass is 283 g/mol. The number of imidazole rings is 1. The first-order chi connectivity index (χ1) is 10.2. The van der Waals surface area contributed by atoms with Crippen LogP contribution in [0.2, 0.25) is 0 Å². The van der Waals surface area contributed by atoms with E-state index in [0.717, 1.165) is 25.0 Å². The van der Waals surface area contributed by atoms with Crippen LogP contribution in [-0.2, 0) is 13.6 Å². The summed E-state index contributed by atoms with van der Waals surface area (Å²) in [5.74, 6) is 0. The van der Waals surface area contributed by atoms with E-state index in [2.05, 4.69) is 51.3 Å². The molecule has 5 nitrogen and oxygen atoms in total. The molecular weight excluding hydrogens is 262 g/mol. The van der Waals surface area contributed by atoms with Crippen molar-refractivity contribution in [2.45, 2.75) is 25.9 Å². The van der Waals surface area contributed by atoms with Crippen molar-refractivity contribution in [2.75, 3.05) is 6.54 Å². The Morgan fingerprint density at radius 2 is 2.14 bits per heavy atom. The number of rotatable bonds is 6. The van der Waals surface area contributed by atoms with Crippen molar-refractivity contribution in [3.8, 4) is 0 Å². The first-order valence-electron chi connectivity index (χ1n) is 7.36. The summed E-state index contributed by atoms with van der Waals surface area (Å²) >= 11 is 0. The summed E-state index contributed by atoms with van der Waals surface area (Å²) in [5, 5.41) is 7.74. The third-order valence-corrected chi connectivity index (χ3v) is 3.78. The van der Waals surface area contributed by atoms with Gasteiger partial charge in [0.25, 0.3) is 0 Å². The van der Waals surface area contributed by atoms with E-state index in [9.17, 15) is 0 Å². The molecule has 2 heterocycles. The van der Waals surface area contributed by atoms with E-state index >= 15 is 0 Å². The Kier molecular flexibility index (Phi) is 4.01. The maximum Gasteiger partial charge on any atom is 0.0958 e. The second-order valence-electron chi connectivity index (χ2n) is 5.40. The van der Waals surface area contributed by atoms with Crippen LogP contribution in [0.15, 0.2) is 43.0 Å². The van der Waals surface area contributed by atoms with Gasteiger partial charge in [0, 0.05) is 31.4 Å². The molecule has 0 aliphatic rings. The smallest absolute Gasteiger partial charge is 0.0958 e. The number of aromatic nitrogens is 4. The number of nitrogens with one attached hydrogen (secondary N) is 1. The van der Waals surface area contributed by atoms with E-state index in [0.29, 0.717) is 6.04 Å². The number of hydrogen-bond donors (Lipinski definition) is 1. The Labute approximate surface area is 124 Å². The molecule has 1 N–H and O–H groups in total. The zero-order valence-electron chi connectivity index (χ0n) is 12.5. The Hall–Kier alpha value is -2.14. The summed E-state index contributed by atoms with van der Waals surface area (Å²) in [6.45, 7) is 4.12. The Morgan fingerprint density at radius 1 is 1.29 bits per heavy atom. The first kappa shape index (κ1) is 13.8. The minimum absolute atomic E-state index is 0.332. The lowest BCUT2D eigenvalue weighted by Gasteiger charge is -2.12. The third-order valence-electron chi connectivity index (χ3n) is 3.78. The predicted octanol–water partition coefficient (Wildman–Crippen LogP) is 2.51. The van der Waals surface area contributed by atoms with Gasteiger partial charge in [-0.2, -0.15) is 5.10 Å². The van der Waals surface area contributed by atoms with Crippen molar-refractivity contribution in [3.63, 3.8) is 0 Å². The van der Waals surface area contributed by atoms with Crippen molar-refractivity contribution in [2.24, 2.45) is 7.05 Å². The molecule has 5 heteroatoms. The van der Waals surface area contributed by atoms with Gasteiger partial charge in [-0.1, -0.05) is 12.1 Å². The van der Waals surface area contributed by atoms with E-state index in [4.69, 9.17) is 0 Å². The number of nitrogens with zero attached hydrogens (tertiary/aromatic N) is 4. The fraction of sp³-hybridized carbons (Fsp3) is 0.375. The number of para-hydroxylation sites is 2. The Bertz CT molecular complexity index is 712. The van der Waals surface area contributed by atoms with Gasteiger partial charge in [0.2, 0.25) is 0 Å². The van der Waals surface area contributed by atoms with Crippen LogP contribution in [0, 0.1) is 0 Å². The lowest BCUT2D eigenvalue weighted by molar-refractivity contribution is 0.530. The molecule has 0 saturated heterocycles. The standard InChI is InChI=1S/C16H21N5/c1-13(14-10-19-20(2)11-14)17-8-5-9-21-12-18-15-6-3-4-7-16(15)21/h3-4,6-7,10-13,17H,5,8-9H2,1-2H3. The SMILES string of the molecule is CC(NCCCn1cnc2ccccc21)c1cnn(C)c1. The van der Waals surface area contributed by atoms with E-state index in [-0.39, 0.29) is 0 Å². The maximum absolute atomic E-state index is 4.41. The highest BCUT2D eigenvalue weighted by Crippen LogP contribution is 2.13. The minimum atomic E-state index is 0.332. The number of benzene rings is 1. The van der Waals surface area contributed by atoms with E-state index < -0.39 is 0 Å². The second-order valence-corrected chi connectivity index (χ2v) is 5.40. The van der Waals surface area contributed by atoms with Gasteiger partial charge >= 0.3 is 0 Å². The lowest BCUT2D eigenvalue weighted by atomic mass is 10.2. The molecule has 0 aliphatic carbocycles. The van der Waals surface area contributed by atoms with E-state index in [1.165, 1.54) is 11.1 Å². The molecule has 0 radical (unpaired) electrons. The van der Waals surface area contributed by atoms with Gasteiger partial charge in [-0.15, -0.1) is 0 Å². The van der Waals surface area contributed by atoms with Crippen LogP contribution in [-0.4, -0.2) is 25.9 Å². The summed E-state index contributed by atoms with van der Waals surface area (Å²) in [4.78, 5) is 4.41. The fourth-order valence-corrected chi connectivity index (χ4v) is 2.54. The van der Waals surface area contributed by atoms with Crippen LogP contribution >= 0.6 is 0 Å². The highest BCUT2D eigenvalue weighted by molar-refractivity contribution is 5.74. The largest absolute Gasteiger partial charge is 0.331 e. The van der Waals surface area contributed by atoms with Crippen LogP contribution in [0.4, 0.5) is 0 Å². The average molecular weight is 283 g/mol. The molecule has 21 heavy (non-hydrogen) atoms. The predicted molar refractivity (Wildman–Crippen MR) is 84.0 cm³/mol. The Balaban J connectivity index is 1.50. The molecule has 0 spiro atoms. The molecule has 0 aliphatic heterocycles. The van der Waals surface area contributed by atoms with E-state index in [1.54, 1.807) is 0 Å². The van der Waals surface area contributed by atoms with Gasteiger partial charge in [-0.3, -0.25) is 4.68 Å². The molecule has 1 unspecified atom stereocenters. The Morgan fingerprint density at radius 3 is 2.95 bits per heavy atom. The molecule has 0 fully saturated rings. The molecule has 2 aromatic heterocycles. The third kappa shape index (κ3) is 3.13. The maximum atomic E-state index is 4.41. The summed E-state index contributed by atoms with van der Waals surface area (Å²) < 4.78 is 4.05. The van der Waals surface area contributed by atoms with Crippen molar-refractivity contribution < 1.29 is 0 Å². The van der Waals surface area contributed by atoms with Gasteiger partial charge in [0.05, 0.1) is 23.6 Å². The summed E-state index contributed by atoms with van der Waals surface area (Å²) in [6.07, 6.45) is 6.97. The zero-order valence-corrected chi connectivity index (χ0v) is 12.5. The first-order valence-corrected chi connectivity index (χ1v) is 7.36. The average Bonchev–Trinajstić information content (AvgIpc) is 3.10. The van der Waals surface area contributed by atoms with Crippen LogP contribution in [0.25, 0.3) is 11.0 Å². The van der Waals surface area contributed by atoms with Gasteiger partial charge in [-0.25, -0.2) is 4.98 Å². The van der Waals surface area contributed by atoms with Crippen LogP contribution in [0.5, 0.6) is 0 Å². The molecule has 3 aromatic rings.